The maximum atomic E-state index is 5.85. The Morgan fingerprint density at radius 2 is 2.35 bits per heavy atom. The van der Waals surface area contributed by atoms with Gasteiger partial charge in [0.2, 0.25) is 0 Å². The normalized spacial score (nSPS) is 13.3. The number of fused-ring (bicyclic) bond motifs is 1. The molecule has 0 atom stereocenters. The Hall–Kier alpha value is -1.13. The number of halogens is 1. The van der Waals surface area contributed by atoms with E-state index in [4.69, 9.17) is 16.3 Å². The molecule has 0 unspecified atom stereocenters. The van der Waals surface area contributed by atoms with Gasteiger partial charge in [0.25, 0.3) is 0 Å². The van der Waals surface area contributed by atoms with Gasteiger partial charge in [0.05, 0.1) is 24.4 Å². The van der Waals surface area contributed by atoms with Crippen molar-refractivity contribution in [2.24, 2.45) is 7.05 Å². The fourth-order valence-electron chi connectivity index (χ4n) is 2.34. The van der Waals surface area contributed by atoms with Gasteiger partial charge in [-0.15, -0.1) is 11.6 Å². The van der Waals surface area contributed by atoms with Crippen LogP contribution in [-0.4, -0.2) is 21.9 Å². The molecule has 0 saturated heterocycles. The number of thioether (sulfide) groups is 1. The Labute approximate surface area is 128 Å². The summed E-state index contributed by atoms with van der Waals surface area (Å²) in [4.78, 5) is 4.40. The summed E-state index contributed by atoms with van der Waals surface area (Å²) in [5.74, 6) is 2.58. The van der Waals surface area contributed by atoms with Crippen LogP contribution in [0.1, 0.15) is 16.8 Å². The SMILES string of the molecule is Cn1c(CCl)cnc1SCCc1ccc2c(c1)CCO2. The van der Waals surface area contributed by atoms with Crippen molar-refractivity contribution >= 4 is 23.4 Å². The van der Waals surface area contributed by atoms with Gasteiger partial charge in [0.15, 0.2) is 5.16 Å². The van der Waals surface area contributed by atoms with Crippen molar-refractivity contribution in [2.45, 2.75) is 23.9 Å². The minimum Gasteiger partial charge on any atom is -0.493 e. The average molecular weight is 309 g/mol. The van der Waals surface area contributed by atoms with Crippen molar-refractivity contribution in [2.75, 3.05) is 12.4 Å². The molecule has 2 aromatic rings. The average Bonchev–Trinajstić information content (AvgIpc) is 3.05. The first-order valence-electron chi connectivity index (χ1n) is 6.72. The van der Waals surface area contributed by atoms with Crippen molar-refractivity contribution in [1.29, 1.82) is 0 Å². The van der Waals surface area contributed by atoms with Crippen LogP contribution in [0.15, 0.2) is 29.6 Å². The van der Waals surface area contributed by atoms with Gasteiger partial charge in [0, 0.05) is 19.2 Å². The molecule has 0 spiro atoms. The fraction of sp³-hybridized carbons (Fsp3) is 0.400. The monoisotopic (exact) mass is 308 g/mol. The van der Waals surface area contributed by atoms with Gasteiger partial charge in [-0.05, 0) is 23.6 Å². The third-order valence-electron chi connectivity index (χ3n) is 3.55. The molecule has 0 bridgehead atoms. The van der Waals surface area contributed by atoms with Crippen LogP contribution in [0.3, 0.4) is 0 Å². The van der Waals surface area contributed by atoms with Gasteiger partial charge in [-0.25, -0.2) is 4.98 Å². The second-order valence-electron chi connectivity index (χ2n) is 4.86. The molecule has 1 aromatic carbocycles. The predicted octanol–water partition coefficient (Wildman–Crippen LogP) is 3.43. The summed E-state index contributed by atoms with van der Waals surface area (Å²) in [6.07, 6.45) is 3.93. The smallest absolute Gasteiger partial charge is 0.167 e. The van der Waals surface area contributed by atoms with Crippen molar-refractivity contribution in [1.82, 2.24) is 9.55 Å². The van der Waals surface area contributed by atoms with E-state index in [-0.39, 0.29) is 0 Å². The summed E-state index contributed by atoms with van der Waals surface area (Å²) in [6.45, 7) is 0.821. The first-order chi connectivity index (χ1) is 9.78. The molecule has 0 saturated carbocycles. The lowest BCUT2D eigenvalue weighted by Gasteiger charge is -2.05. The van der Waals surface area contributed by atoms with Crippen molar-refractivity contribution in [3.63, 3.8) is 0 Å². The van der Waals surface area contributed by atoms with Gasteiger partial charge in [-0.1, -0.05) is 23.9 Å². The maximum absolute atomic E-state index is 5.85. The minimum atomic E-state index is 0.509. The van der Waals surface area contributed by atoms with Gasteiger partial charge < -0.3 is 9.30 Å². The van der Waals surface area contributed by atoms with E-state index in [2.05, 4.69) is 27.8 Å². The second-order valence-corrected chi connectivity index (χ2v) is 6.19. The molecular weight excluding hydrogens is 292 g/mol. The first-order valence-corrected chi connectivity index (χ1v) is 8.24. The zero-order valence-corrected chi connectivity index (χ0v) is 13.0. The van der Waals surface area contributed by atoms with Gasteiger partial charge in [-0.2, -0.15) is 0 Å². The van der Waals surface area contributed by atoms with Gasteiger partial charge >= 0.3 is 0 Å². The summed E-state index contributed by atoms with van der Waals surface area (Å²) in [5.41, 5.74) is 3.77. The lowest BCUT2D eigenvalue weighted by Crippen LogP contribution is -1.97. The zero-order valence-electron chi connectivity index (χ0n) is 11.4. The van der Waals surface area contributed by atoms with Gasteiger partial charge in [-0.3, -0.25) is 0 Å². The van der Waals surface area contributed by atoms with E-state index >= 15 is 0 Å². The third kappa shape index (κ3) is 2.81. The molecule has 3 nitrogen and oxygen atoms in total. The molecule has 20 heavy (non-hydrogen) atoms. The topological polar surface area (TPSA) is 27.1 Å². The zero-order chi connectivity index (χ0) is 13.9. The highest BCUT2D eigenvalue weighted by Crippen LogP contribution is 2.27. The number of hydrogen-bond acceptors (Lipinski definition) is 3. The van der Waals surface area contributed by atoms with Crippen molar-refractivity contribution in [3.8, 4) is 5.75 Å². The number of benzene rings is 1. The van der Waals surface area contributed by atoms with E-state index in [1.54, 1.807) is 11.8 Å². The standard InChI is InChI=1S/C15H17ClN2OS/c1-18-13(9-16)10-17-15(18)20-7-5-11-2-3-14-12(8-11)4-6-19-14/h2-3,8,10H,4-7,9H2,1H3. The van der Waals surface area contributed by atoms with Crippen LogP contribution in [0.5, 0.6) is 5.75 Å². The van der Waals surface area contributed by atoms with E-state index in [1.165, 1.54) is 11.1 Å². The highest BCUT2D eigenvalue weighted by atomic mass is 35.5. The molecule has 106 valence electrons. The number of ether oxygens (including phenoxy) is 1. The van der Waals surface area contributed by atoms with E-state index in [0.717, 1.165) is 41.8 Å². The molecule has 1 aromatic heterocycles. The van der Waals surface area contributed by atoms with Crippen LogP contribution in [0.25, 0.3) is 0 Å². The summed E-state index contributed by atoms with van der Waals surface area (Å²) in [6, 6.07) is 6.52. The summed E-state index contributed by atoms with van der Waals surface area (Å²) in [7, 11) is 2.01. The summed E-state index contributed by atoms with van der Waals surface area (Å²) in [5, 5.41) is 1.03. The number of rotatable bonds is 5. The second kappa shape index (κ2) is 6.10. The molecule has 0 amide bonds. The Morgan fingerprint density at radius 3 is 3.15 bits per heavy atom. The number of nitrogens with zero attached hydrogens (tertiary/aromatic N) is 2. The highest BCUT2D eigenvalue weighted by molar-refractivity contribution is 7.99. The molecule has 1 aliphatic heterocycles. The number of alkyl halides is 1. The van der Waals surface area contributed by atoms with Crippen LogP contribution >= 0.6 is 23.4 Å². The predicted molar refractivity (Wildman–Crippen MR) is 82.8 cm³/mol. The number of hydrogen-bond donors (Lipinski definition) is 0. The Kier molecular flexibility index (Phi) is 4.22. The van der Waals surface area contributed by atoms with Crippen LogP contribution in [0.4, 0.5) is 0 Å². The molecule has 0 fully saturated rings. The lowest BCUT2D eigenvalue weighted by atomic mass is 10.1. The number of aromatic nitrogens is 2. The maximum Gasteiger partial charge on any atom is 0.167 e. The molecule has 0 N–H and O–H groups in total. The number of aryl methyl sites for hydroxylation is 1. The van der Waals surface area contributed by atoms with Crippen molar-refractivity contribution < 1.29 is 4.74 Å². The van der Waals surface area contributed by atoms with Crippen LogP contribution in [0.2, 0.25) is 0 Å². The van der Waals surface area contributed by atoms with E-state index in [9.17, 15) is 0 Å². The third-order valence-corrected chi connectivity index (χ3v) is 4.87. The Bertz CT molecular complexity index is 612. The largest absolute Gasteiger partial charge is 0.493 e. The van der Waals surface area contributed by atoms with E-state index in [0.29, 0.717) is 5.88 Å². The minimum absolute atomic E-state index is 0.509. The molecule has 3 rings (SSSR count). The van der Waals surface area contributed by atoms with Gasteiger partial charge in [0.1, 0.15) is 5.75 Å². The van der Waals surface area contributed by atoms with E-state index in [1.807, 2.05) is 13.2 Å². The fourth-order valence-corrected chi connectivity index (χ4v) is 3.55. The molecule has 2 heterocycles. The molecule has 0 aliphatic carbocycles. The Balaban J connectivity index is 1.58. The molecule has 0 radical (unpaired) electrons. The van der Waals surface area contributed by atoms with E-state index < -0.39 is 0 Å². The quantitative estimate of drug-likeness (QED) is 0.625. The Morgan fingerprint density at radius 1 is 1.45 bits per heavy atom. The van der Waals surface area contributed by atoms with Crippen LogP contribution < -0.4 is 4.74 Å². The van der Waals surface area contributed by atoms with Crippen molar-refractivity contribution in [3.05, 3.63) is 41.2 Å². The summed E-state index contributed by atoms with van der Waals surface area (Å²) >= 11 is 7.62. The summed E-state index contributed by atoms with van der Waals surface area (Å²) < 4.78 is 7.59. The van der Waals surface area contributed by atoms with Crippen LogP contribution in [0, 0.1) is 0 Å². The first kappa shape index (κ1) is 13.8. The molecule has 5 heteroatoms. The molecular formula is C15H17ClN2OS. The molecule has 1 aliphatic rings. The number of imidazole rings is 1. The van der Waals surface area contributed by atoms with Crippen LogP contribution in [-0.2, 0) is 25.8 Å². The highest BCUT2D eigenvalue weighted by Gasteiger charge is 2.12. The lowest BCUT2D eigenvalue weighted by molar-refractivity contribution is 0.357.